The average Bonchev–Trinajstić information content (AvgIpc) is 3.20. The molecular weight excluding hydrogens is 400 g/mol. The Morgan fingerprint density at radius 3 is 2.57 bits per heavy atom. The van der Waals surface area contributed by atoms with E-state index in [0.717, 1.165) is 24.0 Å². The lowest BCUT2D eigenvalue weighted by atomic mass is 10.1. The first-order valence-corrected chi connectivity index (χ1v) is 11.0. The lowest BCUT2D eigenvalue weighted by Gasteiger charge is -2.16. The number of sulfonamides is 1. The summed E-state index contributed by atoms with van der Waals surface area (Å²) < 4.78 is 26.8. The van der Waals surface area contributed by atoms with Crippen LogP contribution in [0.4, 0.5) is 5.69 Å². The molecule has 0 aliphatic carbocycles. The largest absolute Gasteiger partial charge is 0.506 e. The van der Waals surface area contributed by atoms with E-state index < -0.39 is 10.0 Å². The molecule has 2 N–H and O–H groups in total. The van der Waals surface area contributed by atoms with Gasteiger partial charge in [-0.3, -0.25) is 4.79 Å². The van der Waals surface area contributed by atoms with Crippen molar-refractivity contribution in [1.29, 1.82) is 0 Å². The topological polar surface area (TPSA) is 86.7 Å². The van der Waals surface area contributed by atoms with E-state index in [0.29, 0.717) is 24.5 Å². The number of carbonyl (C=O) groups excluding carboxylic acids is 1. The number of nitrogens with zero attached hydrogens (tertiary/aromatic N) is 1. The normalized spacial score (nSPS) is 14.9. The Bertz CT molecular complexity index is 986. The third-order valence-electron chi connectivity index (χ3n) is 4.82. The molecule has 0 unspecified atom stereocenters. The quantitative estimate of drug-likeness (QED) is 0.695. The van der Waals surface area contributed by atoms with Gasteiger partial charge in [0.05, 0.1) is 10.6 Å². The summed E-state index contributed by atoms with van der Waals surface area (Å²) in [5, 5.41) is 13.3. The monoisotopic (exact) mass is 422 g/mol. The minimum Gasteiger partial charge on any atom is -0.506 e. The minimum absolute atomic E-state index is 0.0628. The number of amides is 1. The Labute approximate surface area is 170 Å². The van der Waals surface area contributed by atoms with E-state index in [4.69, 9.17) is 11.6 Å². The van der Waals surface area contributed by atoms with E-state index >= 15 is 0 Å². The third kappa shape index (κ3) is 4.66. The van der Waals surface area contributed by atoms with Crippen molar-refractivity contribution in [2.24, 2.45) is 0 Å². The summed E-state index contributed by atoms with van der Waals surface area (Å²) in [7, 11) is -3.62. The predicted octanol–water partition coefficient (Wildman–Crippen LogP) is 3.71. The van der Waals surface area contributed by atoms with Gasteiger partial charge >= 0.3 is 0 Å². The van der Waals surface area contributed by atoms with Crippen LogP contribution in [-0.2, 0) is 21.2 Å². The van der Waals surface area contributed by atoms with E-state index in [1.54, 1.807) is 0 Å². The second-order valence-electron chi connectivity index (χ2n) is 6.92. The number of rotatable bonds is 6. The Hall–Kier alpha value is -2.09. The molecule has 3 rings (SSSR count). The summed E-state index contributed by atoms with van der Waals surface area (Å²) in [6, 6.07) is 9.59. The fourth-order valence-corrected chi connectivity index (χ4v) is 4.86. The van der Waals surface area contributed by atoms with Gasteiger partial charge in [0.15, 0.2) is 0 Å². The van der Waals surface area contributed by atoms with Crippen LogP contribution in [0, 0.1) is 6.92 Å². The zero-order valence-electron chi connectivity index (χ0n) is 15.6. The number of phenols is 1. The highest BCUT2D eigenvalue weighted by Crippen LogP contribution is 2.29. The number of aromatic hydroxyl groups is 1. The molecule has 0 spiro atoms. The maximum Gasteiger partial charge on any atom is 0.243 e. The summed E-state index contributed by atoms with van der Waals surface area (Å²) in [5.41, 5.74) is 1.99. The van der Waals surface area contributed by atoms with Crippen molar-refractivity contribution in [3.8, 4) is 5.75 Å². The van der Waals surface area contributed by atoms with Gasteiger partial charge in [-0.15, -0.1) is 0 Å². The Morgan fingerprint density at radius 2 is 1.89 bits per heavy atom. The maximum absolute atomic E-state index is 12.7. The molecule has 1 saturated heterocycles. The smallest absolute Gasteiger partial charge is 0.243 e. The zero-order chi connectivity index (χ0) is 20.3. The van der Waals surface area contributed by atoms with Crippen LogP contribution in [0.5, 0.6) is 5.75 Å². The maximum atomic E-state index is 12.7. The van der Waals surface area contributed by atoms with Crippen molar-refractivity contribution < 1.29 is 18.3 Å². The Kier molecular flexibility index (Phi) is 6.27. The van der Waals surface area contributed by atoms with Gasteiger partial charge in [0.25, 0.3) is 0 Å². The molecule has 2 aromatic carbocycles. The van der Waals surface area contributed by atoms with Crippen molar-refractivity contribution in [2.45, 2.75) is 37.5 Å². The lowest BCUT2D eigenvalue weighted by Crippen LogP contribution is -2.28. The predicted molar refractivity (Wildman–Crippen MR) is 109 cm³/mol. The first-order valence-electron chi connectivity index (χ1n) is 9.15. The van der Waals surface area contributed by atoms with Crippen molar-refractivity contribution in [3.63, 3.8) is 0 Å². The number of phenolic OH excluding ortho intramolecular Hbond substituents is 1. The number of aryl methyl sites for hydroxylation is 2. The van der Waals surface area contributed by atoms with Gasteiger partial charge in [0.1, 0.15) is 5.75 Å². The molecule has 0 saturated carbocycles. The van der Waals surface area contributed by atoms with Crippen LogP contribution in [0.2, 0.25) is 5.02 Å². The Balaban J connectivity index is 1.69. The summed E-state index contributed by atoms with van der Waals surface area (Å²) in [6.07, 6.45) is 2.34. The van der Waals surface area contributed by atoms with Gasteiger partial charge in [0.2, 0.25) is 15.9 Å². The van der Waals surface area contributed by atoms with Crippen LogP contribution in [0.3, 0.4) is 0 Å². The van der Waals surface area contributed by atoms with E-state index in [2.05, 4.69) is 5.32 Å². The molecule has 8 heteroatoms. The van der Waals surface area contributed by atoms with Gasteiger partial charge < -0.3 is 10.4 Å². The van der Waals surface area contributed by atoms with Crippen LogP contribution in [-0.4, -0.2) is 36.8 Å². The van der Waals surface area contributed by atoms with Crippen molar-refractivity contribution >= 4 is 33.2 Å². The van der Waals surface area contributed by atoms with Crippen molar-refractivity contribution in [3.05, 3.63) is 52.5 Å². The van der Waals surface area contributed by atoms with Gasteiger partial charge in [0, 0.05) is 24.5 Å². The minimum atomic E-state index is -3.62. The van der Waals surface area contributed by atoms with Gasteiger partial charge in [-0.2, -0.15) is 4.31 Å². The second-order valence-corrected chi connectivity index (χ2v) is 9.27. The number of halogens is 1. The molecule has 1 amide bonds. The van der Waals surface area contributed by atoms with E-state index in [1.807, 2.05) is 25.1 Å². The molecule has 6 nitrogen and oxygen atoms in total. The third-order valence-corrected chi connectivity index (χ3v) is 7.12. The van der Waals surface area contributed by atoms with E-state index in [9.17, 15) is 18.3 Å². The SMILES string of the molecule is Cc1ccc(CCC(=O)Nc2cc(S(=O)(=O)N3CCCC3)ccc2O)cc1Cl. The summed E-state index contributed by atoms with van der Waals surface area (Å²) >= 11 is 6.10. The molecular formula is C20H23ClN2O4S. The van der Waals surface area contributed by atoms with Gasteiger partial charge in [-0.25, -0.2) is 8.42 Å². The molecule has 1 aliphatic heterocycles. The standard InChI is InChI=1S/C20H23ClN2O4S/c1-14-4-5-15(12-17(14)21)6-9-20(25)22-18-13-16(7-8-19(18)24)28(26,27)23-10-2-3-11-23/h4-5,7-8,12-13,24H,2-3,6,9-11H2,1H3,(H,22,25). The molecule has 0 atom stereocenters. The number of benzene rings is 2. The fourth-order valence-electron chi connectivity index (χ4n) is 3.12. The van der Waals surface area contributed by atoms with Gasteiger partial charge in [-0.05, 0) is 61.6 Å². The lowest BCUT2D eigenvalue weighted by molar-refractivity contribution is -0.116. The van der Waals surface area contributed by atoms with Gasteiger partial charge in [-0.1, -0.05) is 23.7 Å². The van der Waals surface area contributed by atoms with Crippen molar-refractivity contribution in [1.82, 2.24) is 4.31 Å². The first-order chi connectivity index (χ1) is 13.3. The van der Waals surface area contributed by atoms with E-state index in [1.165, 1.54) is 22.5 Å². The molecule has 0 radical (unpaired) electrons. The first kappa shape index (κ1) is 20.6. The number of carbonyl (C=O) groups is 1. The molecule has 0 bridgehead atoms. The fraction of sp³-hybridized carbons (Fsp3) is 0.350. The second kappa shape index (κ2) is 8.51. The number of hydrogen-bond acceptors (Lipinski definition) is 4. The number of anilines is 1. The Morgan fingerprint density at radius 1 is 1.18 bits per heavy atom. The van der Waals surface area contributed by atoms with Crippen molar-refractivity contribution in [2.75, 3.05) is 18.4 Å². The molecule has 0 aromatic heterocycles. The highest BCUT2D eigenvalue weighted by Gasteiger charge is 2.27. The number of nitrogens with one attached hydrogen (secondary N) is 1. The van der Waals surface area contributed by atoms with Crippen LogP contribution >= 0.6 is 11.6 Å². The van der Waals surface area contributed by atoms with E-state index in [-0.39, 0.29) is 28.7 Å². The molecule has 1 heterocycles. The van der Waals surface area contributed by atoms with Crippen LogP contribution < -0.4 is 5.32 Å². The average molecular weight is 423 g/mol. The highest BCUT2D eigenvalue weighted by atomic mass is 35.5. The highest BCUT2D eigenvalue weighted by molar-refractivity contribution is 7.89. The molecule has 28 heavy (non-hydrogen) atoms. The molecule has 2 aromatic rings. The summed E-state index contributed by atoms with van der Waals surface area (Å²) in [6.45, 7) is 2.89. The summed E-state index contributed by atoms with van der Waals surface area (Å²) in [4.78, 5) is 12.4. The molecule has 150 valence electrons. The molecule has 1 fully saturated rings. The van der Waals surface area contributed by atoms with Crippen LogP contribution in [0.1, 0.15) is 30.4 Å². The van der Waals surface area contributed by atoms with Crippen LogP contribution in [0.25, 0.3) is 0 Å². The molecule has 1 aliphatic rings. The summed E-state index contributed by atoms with van der Waals surface area (Å²) in [5.74, 6) is -0.491. The zero-order valence-corrected chi connectivity index (χ0v) is 17.2. The number of hydrogen-bond donors (Lipinski definition) is 2. The van der Waals surface area contributed by atoms with Crippen LogP contribution in [0.15, 0.2) is 41.3 Å².